The molecule has 3 fully saturated rings. The van der Waals surface area contributed by atoms with Crippen LogP contribution in [-0.4, -0.2) is 40.5 Å². The largest absolute Gasteiger partial charge is 0.296 e. The molecule has 3 aliphatic rings. The zero-order valence-electron chi connectivity index (χ0n) is 15.3. The first-order chi connectivity index (χ1) is 12.3. The van der Waals surface area contributed by atoms with Gasteiger partial charge in [-0.2, -0.15) is 0 Å². The van der Waals surface area contributed by atoms with E-state index < -0.39 is 0 Å². The van der Waals surface area contributed by atoms with Gasteiger partial charge in [-0.15, -0.1) is 0 Å². The zero-order valence-corrected chi connectivity index (χ0v) is 15.3. The molecule has 1 aromatic heterocycles. The van der Waals surface area contributed by atoms with Crippen molar-refractivity contribution in [3.63, 3.8) is 0 Å². The number of pyridine rings is 1. The Balaban J connectivity index is 1.41. The average Bonchev–Trinajstić information content (AvgIpc) is 2.94. The molecule has 2 atom stereocenters. The van der Waals surface area contributed by atoms with Crippen molar-refractivity contribution in [1.82, 2.24) is 14.8 Å². The van der Waals surface area contributed by atoms with E-state index in [0.717, 1.165) is 25.4 Å². The van der Waals surface area contributed by atoms with Gasteiger partial charge < -0.3 is 0 Å². The lowest BCUT2D eigenvalue weighted by molar-refractivity contribution is 0.123. The summed E-state index contributed by atoms with van der Waals surface area (Å²) in [6.07, 6.45) is 5.84. The maximum Gasteiger partial charge on any atom is 0.0544 e. The number of rotatable bonds is 5. The van der Waals surface area contributed by atoms with Gasteiger partial charge >= 0.3 is 0 Å². The fraction of sp³-hybridized carbons (Fsp3) is 0.500. The number of hydrogen-bond donors (Lipinski definition) is 0. The number of aromatic nitrogens is 1. The summed E-state index contributed by atoms with van der Waals surface area (Å²) in [5, 5.41) is 0. The first-order valence-corrected chi connectivity index (χ1v) is 9.74. The Morgan fingerprint density at radius 3 is 2.56 bits per heavy atom. The van der Waals surface area contributed by atoms with Crippen LogP contribution in [0.4, 0.5) is 0 Å². The number of hydrogen-bond acceptors (Lipinski definition) is 3. The number of piperidine rings is 1. The molecule has 0 unspecified atom stereocenters. The molecule has 3 aliphatic heterocycles. The molecule has 2 bridgehead atoms. The van der Waals surface area contributed by atoms with Crippen LogP contribution in [0.2, 0.25) is 0 Å². The van der Waals surface area contributed by atoms with Gasteiger partial charge in [0.05, 0.1) is 5.69 Å². The minimum Gasteiger partial charge on any atom is -0.296 e. The van der Waals surface area contributed by atoms with E-state index in [9.17, 15) is 0 Å². The highest BCUT2D eigenvalue weighted by atomic mass is 15.3. The second-order valence-electron chi connectivity index (χ2n) is 7.72. The first kappa shape index (κ1) is 16.7. The average molecular weight is 335 g/mol. The van der Waals surface area contributed by atoms with Gasteiger partial charge in [0.15, 0.2) is 0 Å². The number of fused-ring (bicyclic) bond motifs is 4. The molecule has 3 heteroatoms. The van der Waals surface area contributed by atoms with Gasteiger partial charge in [-0.25, -0.2) is 0 Å². The van der Waals surface area contributed by atoms with Gasteiger partial charge in [0.25, 0.3) is 0 Å². The highest BCUT2D eigenvalue weighted by Crippen LogP contribution is 2.29. The van der Waals surface area contributed by atoms with E-state index in [2.05, 4.69) is 64.2 Å². The molecule has 4 heterocycles. The Morgan fingerprint density at radius 2 is 1.80 bits per heavy atom. The maximum atomic E-state index is 4.68. The van der Waals surface area contributed by atoms with Crippen LogP contribution in [0.15, 0.2) is 48.7 Å². The number of benzene rings is 1. The van der Waals surface area contributed by atoms with Gasteiger partial charge in [-0.05, 0) is 42.4 Å². The van der Waals surface area contributed by atoms with Crippen LogP contribution in [0.5, 0.6) is 0 Å². The SMILES string of the molecule is CCc1ccc(CN2C[C@@H]3CC[C@H](C2)N(Cc2ccccc2)C3)nc1. The summed E-state index contributed by atoms with van der Waals surface area (Å²) in [6.45, 7) is 7.93. The van der Waals surface area contributed by atoms with E-state index in [0.29, 0.717) is 6.04 Å². The van der Waals surface area contributed by atoms with Crippen LogP contribution >= 0.6 is 0 Å². The topological polar surface area (TPSA) is 19.4 Å². The van der Waals surface area contributed by atoms with E-state index in [1.54, 1.807) is 0 Å². The van der Waals surface area contributed by atoms with Crippen LogP contribution in [0.25, 0.3) is 0 Å². The standard InChI is InChI=1S/C22H29N3/c1-2-18-8-10-21(23-12-18)16-24-13-20-9-11-22(17-24)25(15-20)14-19-6-4-3-5-7-19/h3-8,10,12,20,22H,2,9,11,13-17H2,1H3/t20-,22+/m0/s1. The monoisotopic (exact) mass is 335 g/mol. The van der Waals surface area contributed by atoms with Crippen molar-refractivity contribution in [1.29, 1.82) is 0 Å². The summed E-state index contributed by atoms with van der Waals surface area (Å²) in [6, 6.07) is 16.1. The summed E-state index contributed by atoms with van der Waals surface area (Å²) < 4.78 is 0. The van der Waals surface area contributed by atoms with Crippen LogP contribution < -0.4 is 0 Å². The highest BCUT2D eigenvalue weighted by molar-refractivity contribution is 5.16. The van der Waals surface area contributed by atoms with Crippen molar-refractivity contribution in [2.24, 2.45) is 5.92 Å². The normalized spacial score (nSPS) is 24.4. The summed E-state index contributed by atoms with van der Waals surface area (Å²) in [4.78, 5) is 10.0. The van der Waals surface area contributed by atoms with Crippen LogP contribution in [0.3, 0.4) is 0 Å². The van der Waals surface area contributed by atoms with Gasteiger partial charge in [-0.3, -0.25) is 14.8 Å². The van der Waals surface area contributed by atoms with Crippen molar-refractivity contribution >= 4 is 0 Å². The van der Waals surface area contributed by atoms with E-state index in [1.807, 2.05) is 6.20 Å². The minimum atomic E-state index is 0.689. The third-order valence-electron chi connectivity index (χ3n) is 5.81. The Labute approximate surface area is 151 Å². The molecule has 132 valence electrons. The second-order valence-corrected chi connectivity index (χ2v) is 7.72. The van der Waals surface area contributed by atoms with Crippen molar-refractivity contribution in [2.75, 3.05) is 19.6 Å². The minimum absolute atomic E-state index is 0.689. The fourth-order valence-electron chi connectivity index (χ4n) is 4.40. The molecule has 0 amide bonds. The molecular formula is C22H29N3. The van der Waals surface area contributed by atoms with Gasteiger partial charge in [-0.1, -0.05) is 43.3 Å². The predicted octanol–water partition coefficient (Wildman–Crippen LogP) is 3.74. The summed E-state index contributed by atoms with van der Waals surface area (Å²) >= 11 is 0. The van der Waals surface area contributed by atoms with Crippen LogP contribution in [-0.2, 0) is 19.5 Å². The van der Waals surface area contributed by atoms with Crippen molar-refractivity contribution in [2.45, 2.75) is 45.3 Å². The van der Waals surface area contributed by atoms with Crippen molar-refractivity contribution in [3.8, 4) is 0 Å². The lowest BCUT2D eigenvalue weighted by Gasteiger charge is -2.36. The summed E-state index contributed by atoms with van der Waals surface area (Å²) in [5.74, 6) is 0.803. The van der Waals surface area contributed by atoms with E-state index >= 15 is 0 Å². The Morgan fingerprint density at radius 1 is 0.920 bits per heavy atom. The van der Waals surface area contributed by atoms with Gasteiger partial charge in [0, 0.05) is 45.0 Å². The molecule has 3 saturated heterocycles. The maximum absolute atomic E-state index is 4.68. The fourth-order valence-corrected chi connectivity index (χ4v) is 4.40. The zero-order chi connectivity index (χ0) is 17.1. The molecular weight excluding hydrogens is 306 g/mol. The van der Waals surface area contributed by atoms with Crippen LogP contribution in [0.1, 0.15) is 36.6 Å². The molecule has 0 saturated carbocycles. The van der Waals surface area contributed by atoms with E-state index in [-0.39, 0.29) is 0 Å². The lowest BCUT2D eigenvalue weighted by Crippen LogP contribution is -2.43. The molecule has 0 radical (unpaired) electrons. The van der Waals surface area contributed by atoms with Crippen molar-refractivity contribution < 1.29 is 0 Å². The molecule has 5 rings (SSSR count). The lowest BCUT2D eigenvalue weighted by atomic mass is 9.94. The highest BCUT2D eigenvalue weighted by Gasteiger charge is 2.34. The third-order valence-corrected chi connectivity index (χ3v) is 5.81. The van der Waals surface area contributed by atoms with E-state index in [4.69, 9.17) is 0 Å². The van der Waals surface area contributed by atoms with Gasteiger partial charge in [0.2, 0.25) is 0 Å². The molecule has 2 aromatic rings. The summed E-state index contributed by atoms with van der Waals surface area (Å²) in [7, 11) is 0. The number of nitrogens with zero attached hydrogens (tertiary/aromatic N) is 3. The predicted molar refractivity (Wildman–Crippen MR) is 102 cm³/mol. The molecule has 3 nitrogen and oxygen atoms in total. The van der Waals surface area contributed by atoms with E-state index in [1.165, 1.54) is 49.3 Å². The molecule has 0 spiro atoms. The Bertz CT molecular complexity index is 667. The van der Waals surface area contributed by atoms with Gasteiger partial charge in [0.1, 0.15) is 0 Å². The van der Waals surface area contributed by atoms with Crippen LogP contribution in [0, 0.1) is 5.92 Å². The molecule has 0 N–H and O–H groups in total. The first-order valence-electron chi connectivity index (χ1n) is 9.74. The Hall–Kier alpha value is -1.71. The van der Waals surface area contributed by atoms with Crippen molar-refractivity contribution in [3.05, 3.63) is 65.5 Å². The quantitative estimate of drug-likeness (QED) is 0.830. The molecule has 25 heavy (non-hydrogen) atoms. The third kappa shape index (κ3) is 4.10. The molecule has 0 aliphatic carbocycles. The Kier molecular flexibility index (Phi) is 5.14. The summed E-state index contributed by atoms with van der Waals surface area (Å²) in [5.41, 5.74) is 3.99. The molecule has 1 aromatic carbocycles. The smallest absolute Gasteiger partial charge is 0.0544 e. The number of aryl methyl sites for hydroxylation is 1. The second kappa shape index (κ2) is 7.67.